The first-order valence-electron chi connectivity index (χ1n) is 12.5. The molecule has 2 aliphatic heterocycles. The van der Waals surface area contributed by atoms with Crippen molar-refractivity contribution >= 4 is 45.3 Å². The van der Waals surface area contributed by atoms with Gasteiger partial charge in [0.25, 0.3) is 5.91 Å². The standard InChI is InChI=1S/C26H29N10O2/c27-23-18-5-3-16(10-20(18)30-14-32-23)12-35-8-7-26(29,25(35)38)34-36(9-1-2-22(36)37)13-17-4-6-19-21(11-17)31-15-33-24(19)28/h3-6,10-11,14-15,34H,1-2,7-9,12-13,29H2,(H2,27,30,32)(H2,28,31,33)/q+1/t26-,36-/m0/s1. The molecular weight excluding hydrogens is 484 g/mol. The zero-order valence-electron chi connectivity index (χ0n) is 20.8. The van der Waals surface area contributed by atoms with Crippen molar-refractivity contribution in [2.45, 2.75) is 38.0 Å². The Kier molecular flexibility index (Phi) is 5.67. The second-order valence-corrected chi connectivity index (χ2v) is 10.1. The molecule has 4 aromatic rings. The molecule has 0 radical (unpaired) electrons. The zero-order valence-corrected chi connectivity index (χ0v) is 20.8. The van der Waals surface area contributed by atoms with Gasteiger partial charge in [-0.2, -0.15) is 4.59 Å². The van der Waals surface area contributed by atoms with Crippen molar-refractivity contribution in [3.05, 3.63) is 60.2 Å². The molecule has 2 aromatic carbocycles. The van der Waals surface area contributed by atoms with Crippen molar-refractivity contribution in [1.29, 1.82) is 0 Å². The number of anilines is 2. The van der Waals surface area contributed by atoms with Crippen LogP contribution >= 0.6 is 0 Å². The predicted octanol–water partition coefficient (Wildman–Crippen LogP) is 0.967. The van der Waals surface area contributed by atoms with Crippen LogP contribution in [0.1, 0.15) is 30.4 Å². The average molecular weight is 514 g/mol. The largest absolute Gasteiger partial charge is 0.383 e. The number of nitrogens with two attached hydrogens (primary N) is 3. The van der Waals surface area contributed by atoms with Crippen molar-refractivity contribution in [3.63, 3.8) is 0 Å². The average Bonchev–Trinajstić information content (AvgIpc) is 3.38. The first-order chi connectivity index (χ1) is 18.3. The molecular formula is C26H29N10O2+. The summed E-state index contributed by atoms with van der Waals surface area (Å²) in [4.78, 5) is 45.2. The highest BCUT2D eigenvalue weighted by Gasteiger charge is 2.53. The van der Waals surface area contributed by atoms with Crippen LogP contribution < -0.4 is 22.6 Å². The Morgan fingerprint density at radius 1 is 0.921 bits per heavy atom. The van der Waals surface area contributed by atoms with Gasteiger partial charge in [-0.15, -0.1) is 5.43 Å². The minimum absolute atomic E-state index is 0.00942. The number of hydrogen-bond donors (Lipinski definition) is 4. The molecule has 2 fully saturated rings. The third-order valence-electron chi connectivity index (χ3n) is 7.56. The SMILES string of the molecule is Nc1ncnc2cc(CN3CC[C@](N)(N[N@+]4(Cc5ccc6c(N)ncnc6c5)CCCC4=O)C3=O)ccc12. The van der Waals surface area contributed by atoms with Crippen molar-refractivity contribution in [1.82, 2.24) is 30.3 Å². The van der Waals surface area contributed by atoms with Gasteiger partial charge in [-0.05, 0) is 29.8 Å². The quantitative estimate of drug-likeness (QED) is 0.214. The first-order valence-corrected chi connectivity index (χ1v) is 12.5. The van der Waals surface area contributed by atoms with Crippen LogP contribution in [0.2, 0.25) is 0 Å². The molecule has 38 heavy (non-hydrogen) atoms. The molecule has 2 amide bonds. The molecule has 12 heteroatoms. The number of carbonyl (C=O) groups excluding carboxylic acids is 2. The first kappa shape index (κ1) is 24.1. The van der Waals surface area contributed by atoms with E-state index in [-0.39, 0.29) is 16.4 Å². The zero-order chi connectivity index (χ0) is 26.5. The molecule has 2 atom stereocenters. The van der Waals surface area contributed by atoms with E-state index in [1.807, 2.05) is 36.4 Å². The van der Waals surface area contributed by atoms with E-state index in [0.717, 1.165) is 21.9 Å². The molecule has 6 rings (SSSR count). The van der Waals surface area contributed by atoms with Gasteiger partial charge in [0.1, 0.15) is 37.4 Å². The third kappa shape index (κ3) is 4.08. The number of nitrogens with zero attached hydrogens (tertiary/aromatic N) is 6. The lowest BCUT2D eigenvalue weighted by molar-refractivity contribution is -0.909. The molecule has 12 nitrogen and oxygen atoms in total. The summed E-state index contributed by atoms with van der Waals surface area (Å²) >= 11 is 0. The number of nitrogens with one attached hydrogen (secondary N) is 1. The van der Waals surface area contributed by atoms with E-state index in [9.17, 15) is 9.59 Å². The molecule has 7 N–H and O–H groups in total. The Morgan fingerprint density at radius 3 is 2.18 bits per heavy atom. The molecule has 0 aliphatic carbocycles. The molecule has 2 aliphatic rings. The topological polar surface area (TPSA) is 179 Å². The number of quaternary nitrogens is 1. The van der Waals surface area contributed by atoms with Gasteiger partial charge in [0.15, 0.2) is 5.66 Å². The maximum Gasteiger partial charge on any atom is 0.333 e. The van der Waals surface area contributed by atoms with E-state index < -0.39 is 5.66 Å². The molecule has 0 saturated carbocycles. The van der Waals surface area contributed by atoms with Gasteiger partial charge >= 0.3 is 5.91 Å². The van der Waals surface area contributed by atoms with Gasteiger partial charge in [0.05, 0.1) is 17.5 Å². The molecule has 0 bridgehead atoms. The van der Waals surface area contributed by atoms with Crippen LogP contribution in [0.25, 0.3) is 21.8 Å². The number of carbonyl (C=O) groups is 2. The van der Waals surface area contributed by atoms with Gasteiger partial charge in [-0.1, -0.05) is 12.1 Å². The molecule has 0 unspecified atom stereocenters. The fourth-order valence-corrected chi connectivity index (χ4v) is 5.58. The van der Waals surface area contributed by atoms with Crippen molar-refractivity contribution in [3.8, 4) is 0 Å². The highest BCUT2D eigenvalue weighted by Crippen LogP contribution is 2.30. The summed E-state index contributed by atoms with van der Waals surface area (Å²) < 4.78 is -0.0890. The van der Waals surface area contributed by atoms with E-state index in [1.54, 1.807) is 4.90 Å². The van der Waals surface area contributed by atoms with Crippen LogP contribution in [-0.2, 0) is 22.7 Å². The summed E-state index contributed by atoms with van der Waals surface area (Å²) in [7, 11) is 0. The summed E-state index contributed by atoms with van der Waals surface area (Å²) in [6, 6.07) is 11.4. The van der Waals surface area contributed by atoms with Gasteiger partial charge in [0, 0.05) is 42.3 Å². The van der Waals surface area contributed by atoms with Gasteiger partial charge in [-0.3, -0.25) is 4.79 Å². The highest BCUT2D eigenvalue weighted by molar-refractivity contribution is 5.90. The number of hydrogen-bond acceptors (Lipinski definition) is 10. The van der Waals surface area contributed by atoms with E-state index in [0.29, 0.717) is 68.1 Å². The van der Waals surface area contributed by atoms with Gasteiger partial charge in [-0.25, -0.2) is 24.7 Å². The summed E-state index contributed by atoms with van der Waals surface area (Å²) in [5.41, 5.74) is 23.8. The Hall–Kier alpha value is -4.26. The fourth-order valence-electron chi connectivity index (χ4n) is 5.58. The summed E-state index contributed by atoms with van der Waals surface area (Å²) in [5, 5.41) is 1.52. The minimum Gasteiger partial charge on any atom is -0.383 e. The number of rotatable bonds is 6. The number of likely N-dealkylation sites (tertiary alicyclic amines) is 2. The van der Waals surface area contributed by atoms with Crippen molar-refractivity contribution in [2.24, 2.45) is 5.73 Å². The Balaban J connectivity index is 1.23. The number of amides is 2. The minimum atomic E-state index is -1.37. The molecule has 194 valence electrons. The fraction of sp³-hybridized carbons (Fsp3) is 0.308. The molecule has 2 aromatic heterocycles. The Morgan fingerprint density at radius 2 is 1.55 bits per heavy atom. The number of nitrogen functional groups attached to an aromatic ring is 2. The highest BCUT2D eigenvalue weighted by atomic mass is 16.2. The van der Waals surface area contributed by atoms with Crippen LogP contribution in [-0.4, -0.2) is 60.0 Å². The van der Waals surface area contributed by atoms with Gasteiger partial charge in [0.2, 0.25) is 0 Å². The van der Waals surface area contributed by atoms with Gasteiger partial charge < -0.3 is 22.1 Å². The Bertz CT molecular complexity index is 1590. The van der Waals surface area contributed by atoms with Crippen LogP contribution in [0.4, 0.5) is 11.6 Å². The normalized spacial score (nSPS) is 23.7. The van der Waals surface area contributed by atoms with E-state index in [1.165, 1.54) is 12.7 Å². The number of benzene rings is 2. The van der Waals surface area contributed by atoms with Crippen LogP contribution in [0.15, 0.2) is 49.1 Å². The molecule has 0 spiro atoms. The third-order valence-corrected chi connectivity index (χ3v) is 7.56. The predicted molar refractivity (Wildman–Crippen MR) is 141 cm³/mol. The summed E-state index contributed by atoms with van der Waals surface area (Å²) in [5.74, 6) is 0.586. The van der Waals surface area contributed by atoms with Crippen molar-refractivity contribution < 1.29 is 14.2 Å². The van der Waals surface area contributed by atoms with Crippen LogP contribution in [0.3, 0.4) is 0 Å². The molecule has 4 heterocycles. The lowest BCUT2D eigenvalue weighted by atomic mass is 10.1. The number of fused-ring (bicyclic) bond motifs is 2. The maximum atomic E-state index is 13.6. The molecule has 2 saturated heterocycles. The van der Waals surface area contributed by atoms with Crippen LogP contribution in [0.5, 0.6) is 0 Å². The summed E-state index contributed by atoms with van der Waals surface area (Å²) in [6.07, 6.45) is 4.35. The summed E-state index contributed by atoms with van der Waals surface area (Å²) in [6.45, 7) is 1.73. The van der Waals surface area contributed by atoms with Crippen molar-refractivity contribution in [2.75, 3.05) is 24.6 Å². The van der Waals surface area contributed by atoms with E-state index in [4.69, 9.17) is 17.2 Å². The lowest BCUT2D eigenvalue weighted by Crippen LogP contribution is -2.72. The lowest BCUT2D eigenvalue weighted by Gasteiger charge is -2.37. The second-order valence-electron chi connectivity index (χ2n) is 10.1. The maximum absolute atomic E-state index is 13.6. The second kappa shape index (κ2) is 8.94. The monoisotopic (exact) mass is 513 g/mol. The van der Waals surface area contributed by atoms with E-state index in [2.05, 4.69) is 25.4 Å². The van der Waals surface area contributed by atoms with E-state index >= 15 is 0 Å². The van der Waals surface area contributed by atoms with Crippen LogP contribution in [0, 0.1) is 0 Å². The number of aromatic nitrogens is 4. The Labute approximate surface area is 218 Å². The smallest absolute Gasteiger partial charge is 0.333 e.